The Morgan fingerprint density at radius 1 is 1.13 bits per heavy atom. The molecule has 0 radical (unpaired) electrons. The predicted octanol–water partition coefficient (Wildman–Crippen LogP) is 2.89. The van der Waals surface area contributed by atoms with Gasteiger partial charge in [0.05, 0.1) is 24.8 Å². The summed E-state index contributed by atoms with van der Waals surface area (Å²) in [7, 11) is 1.28. The van der Waals surface area contributed by atoms with Crippen LogP contribution in [0.15, 0.2) is 53.3 Å². The molecule has 206 valence electrons. The Labute approximate surface area is 225 Å². The van der Waals surface area contributed by atoms with Crippen LogP contribution in [0.2, 0.25) is 0 Å². The van der Waals surface area contributed by atoms with E-state index < -0.39 is 23.5 Å². The lowest BCUT2D eigenvalue weighted by molar-refractivity contribution is -0.150. The van der Waals surface area contributed by atoms with E-state index in [0.717, 1.165) is 0 Å². The van der Waals surface area contributed by atoms with Gasteiger partial charge in [-0.25, -0.2) is 14.6 Å². The second-order valence-corrected chi connectivity index (χ2v) is 10.1. The minimum atomic E-state index is -0.742. The zero-order valence-electron chi connectivity index (χ0n) is 22.2. The lowest BCUT2D eigenvalue weighted by Crippen LogP contribution is -2.46. The van der Waals surface area contributed by atoms with E-state index in [2.05, 4.69) is 15.3 Å². The van der Waals surface area contributed by atoms with E-state index in [1.54, 1.807) is 30.3 Å². The van der Waals surface area contributed by atoms with Crippen molar-refractivity contribution < 1.29 is 28.6 Å². The lowest BCUT2D eigenvalue weighted by Gasteiger charge is -2.25. The summed E-state index contributed by atoms with van der Waals surface area (Å²) >= 11 is 0. The van der Waals surface area contributed by atoms with Gasteiger partial charge in [-0.15, -0.1) is 0 Å². The lowest BCUT2D eigenvalue weighted by atomic mass is 9.96. The summed E-state index contributed by atoms with van der Waals surface area (Å²) in [6, 6.07) is 13.8. The predicted molar refractivity (Wildman–Crippen MR) is 143 cm³/mol. The van der Waals surface area contributed by atoms with Gasteiger partial charge >= 0.3 is 12.1 Å². The molecule has 0 spiro atoms. The molecule has 4 rings (SSSR count). The van der Waals surface area contributed by atoms with Crippen molar-refractivity contribution in [2.45, 2.75) is 32.7 Å². The van der Waals surface area contributed by atoms with Gasteiger partial charge in [-0.1, -0.05) is 38.1 Å². The number of nitrogens with one attached hydrogen (secondary N) is 2. The van der Waals surface area contributed by atoms with E-state index >= 15 is 0 Å². The van der Waals surface area contributed by atoms with Crippen LogP contribution in [-0.4, -0.2) is 72.3 Å². The molecule has 1 aliphatic heterocycles. The number of likely N-dealkylation sites (tertiary alicyclic amines) is 1. The second kappa shape index (κ2) is 12.0. The summed E-state index contributed by atoms with van der Waals surface area (Å²) in [5.74, 6) is -0.297. The molecule has 2 heterocycles. The molecule has 2 amide bonds. The molecule has 11 nitrogen and oxygen atoms in total. The average molecular weight is 537 g/mol. The number of rotatable bonds is 9. The summed E-state index contributed by atoms with van der Waals surface area (Å²) in [4.78, 5) is 57.8. The number of fused-ring (bicyclic) bond motifs is 1. The number of amides is 2. The van der Waals surface area contributed by atoms with Gasteiger partial charge < -0.3 is 29.4 Å². The van der Waals surface area contributed by atoms with Crippen molar-refractivity contribution in [2.24, 2.45) is 5.41 Å². The molecule has 2 N–H and O–H groups in total. The minimum absolute atomic E-state index is 0.0348. The summed E-state index contributed by atoms with van der Waals surface area (Å²) in [5.41, 5.74) is 1.40. The first-order chi connectivity index (χ1) is 18.7. The van der Waals surface area contributed by atoms with Crippen LogP contribution >= 0.6 is 0 Å². The molecule has 3 aromatic rings. The fraction of sp³-hybridized carbons (Fsp3) is 0.393. The Bertz CT molecular complexity index is 1420. The van der Waals surface area contributed by atoms with Crippen molar-refractivity contribution in [3.63, 3.8) is 0 Å². The van der Waals surface area contributed by atoms with Crippen molar-refractivity contribution in [3.05, 3.63) is 58.9 Å². The van der Waals surface area contributed by atoms with Crippen LogP contribution in [0.5, 0.6) is 5.75 Å². The number of H-pyrrole nitrogens is 1. The fourth-order valence-electron chi connectivity index (χ4n) is 4.29. The Kier molecular flexibility index (Phi) is 8.48. The molecule has 1 atom stereocenters. The number of esters is 1. The number of aromatic nitrogens is 2. The van der Waals surface area contributed by atoms with Gasteiger partial charge in [0.25, 0.3) is 5.56 Å². The van der Waals surface area contributed by atoms with Crippen molar-refractivity contribution in [3.8, 4) is 17.0 Å². The number of hydrogen-bond donors (Lipinski definition) is 2. The van der Waals surface area contributed by atoms with Crippen LogP contribution in [-0.2, 0) is 19.1 Å². The highest BCUT2D eigenvalue weighted by Gasteiger charge is 2.34. The van der Waals surface area contributed by atoms with Crippen LogP contribution in [0.1, 0.15) is 26.7 Å². The molecule has 2 aromatic carbocycles. The van der Waals surface area contributed by atoms with E-state index in [4.69, 9.17) is 14.2 Å². The first-order valence-corrected chi connectivity index (χ1v) is 12.7. The highest BCUT2D eigenvalue weighted by molar-refractivity contribution is 5.87. The van der Waals surface area contributed by atoms with Crippen molar-refractivity contribution in [1.82, 2.24) is 20.2 Å². The number of alkyl carbamates (subject to hydrolysis) is 1. The van der Waals surface area contributed by atoms with E-state index in [0.29, 0.717) is 47.4 Å². The Hall–Kier alpha value is -4.41. The zero-order chi connectivity index (χ0) is 28.0. The van der Waals surface area contributed by atoms with Crippen molar-refractivity contribution in [2.75, 3.05) is 33.4 Å². The molecular weight excluding hydrogens is 504 g/mol. The molecule has 39 heavy (non-hydrogen) atoms. The average Bonchev–Trinajstić information content (AvgIpc) is 3.43. The molecule has 1 unspecified atom stereocenters. The van der Waals surface area contributed by atoms with Gasteiger partial charge in [0, 0.05) is 17.5 Å². The number of benzene rings is 2. The molecular formula is C28H32N4O7. The van der Waals surface area contributed by atoms with E-state index in [9.17, 15) is 19.2 Å². The van der Waals surface area contributed by atoms with Gasteiger partial charge in [0.15, 0.2) is 0 Å². The number of carbonyl (C=O) groups excluding carboxylic acids is 3. The highest BCUT2D eigenvalue weighted by atomic mass is 16.6. The molecule has 11 heteroatoms. The van der Waals surface area contributed by atoms with Gasteiger partial charge in [-0.2, -0.15) is 0 Å². The molecule has 1 aromatic heterocycles. The largest absolute Gasteiger partial charge is 0.493 e. The van der Waals surface area contributed by atoms with Crippen LogP contribution < -0.4 is 15.6 Å². The summed E-state index contributed by atoms with van der Waals surface area (Å²) in [5, 5.41) is 2.44. The third-order valence-corrected chi connectivity index (χ3v) is 6.36. The third kappa shape index (κ3) is 6.92. The fourth-order valence-corrected chi connectivity index (χ4v) is 4.29. The van der Waals surface area contributed by atoms with Crippen LogP contribution in [0.25, 0.3) is 22.3 Å². The number of carbonyl (C=O) groups is 3. The standard InChI is InChI=1S/C28H32N4O7/c1-28(2,17-39-27(36)29-15-23(33)32-13-7-12-22(32)26(35)37-3)16-38-19-9-6-8-18(14-19)24-25(34)31-21-11-5-4-10-20(21)30-24/h4-6,8-11,14,22H,7,12-13,15-17H2,1-3H3,(H,29,36)(H,31,34). The monoisotopic (exact) mass is 536 g/mol. The quantitative estimate of drug-likeness (QED) is 0.398. The van der Waals surface area contributed by atoms with Crippen LogP contribution in [0, 0.1) is 5.41 Å². The number of nitrogens with zero attached hydrogens (tertiary/aromatic N) is 2. The summed E-state index contributed by atoms with van der Waals surface area (Å²) in [6.45, 7) is 4.15. The van der Waals surface area contributed by atoms with Crippen molar-refractivity contribution in [1.29, 1.82) is 0 Å². The molecule has 1 saturated heterocycles. The van der Waals surface area contributed by atoms with Crippen LogP contribution in [0.4, 0.5) is 4.79 Å². The van der Waals surface area contributed by atoms with Gasteiger partial charge in [0.2, 0.25) is 5.91 Å². The maximum absolute atomic E-state index is 12.6. The smallest absolute Gasteiger partial charge is 0.407 e. The van der Waals surface area contributed by atoms with E-state index in [1.165, 1.54) is 12.0 Å². The number of ether oxygens (including phenoxy) is 3. The van der Waals surface area contributed by atoms with Gasteiger partial charge in [-0.3, -0.25) is 9.59 Å². The minimum Gasteiger partial charge on any atom is -0.493 e. The Balaban J connectivity index is 1.28. The summed E-state index contributed by atoms with van der Waals surface area (Å²) in [6.07, 6.45) is 0.492. The molecule has 1 fully saturated rings. The first kappa shape index (κ1) is 27.6. The maximum Gasteiger partial charge on any atom is 0.407 e. The molecule has 1 aliphatic rings. The summed E-state index contributed by atoms with van der Waals surface area (Å²) < 4.78 is 16.0. The number of methoxy groups -OCH3 is 1. The Morgan fingerprint density at radius 2 is 1.92 bits per heavy atom. The van der Waals surface area contributed by atoms with Gasteiger partial charge in [-0.05, 0) is 37.1 Å². The topological polar surface area (TPSA) is 140 Å². The number of aromatic amines is 1. The SMILES string of the molecule is COC(=O)C1CCCN1C(=O)CNC(=O)OCC(C)(C)COc1cccc(-c2nc3ccccc3[nH]c2=O)c1. The highest BCUT2D eigenvalue weighted by Crippen LogP contribution is 2.24. The van der Waals surface area contributed by atoms with E-state index in [-0.39, 0.29) is 31.2 Å². The second-order valence-electron chi connectivity index (χ2n) is 10.1. The normalized spacial score (nSPS) is 15.2. The molecule has 0 bridgehead atoms. The zero-order valence-corrected chi connectivity index (χ0v) is 22.2. The maximum atomic E-state index is 12.6. The first-order valence-electron chi connectivity index (χ1n) is 12.7. The number of hydrogen-bond acceptors (Lipinski definition) is 8. The van der Waals surface area contributed by atoms with E-state index in [1.807, 2.05) is 32.0 Å². The molecule has 0 saturated carbocycles. The molecule has 0 aliphatic carbocycles. The van der Waals surface area contributed by atoms with Crippen molar-refractivity contribution >= 4 is 29.0 Å². The Morgan fingerprint density at radius 3 is 2.72 bits per heavy atom. The van der Waals surface area contributed by atoms with Gasteiger partial charge in [0.1, 0.15) is 30.6 Å². The number of para-hydroxylation sites is 2. The third-order valence-electron chi connectivity index (χ3n) is 6.36. The van der Waals surface area contributed by atoms with Crippen LogP contribution in [0.3, 0.4) is 0 Å².